The lowest BCUT2D eigenvalue weighted by molar-refractivity contribution is -0.119. The third-order valence-corrected chi connectivity index (χ3v) is 3.92. The Morgan fingerprint density at radius 2 is 1.71 bits per heavy atom. The van der Waals surface area contributed by atoms with Gasteiger partial charge in [-0.15, -0.1) is 0 Å². The van der Waals surface area contributed by atoms with Gasteiger partial charge >= 0.3 is 0 Å². The van der Waals surface area contributed by atoms with Crippen molar-refractivity contribution in [2.45, 2.75) is 46.6 Å². The predicted octanol–water partition coefficient (Wildman–Crippen LogP) is 3.37. The van der Waals surface area contributed by atoms with Crippen LogP contribution in [0.15, 0.2) is 30.3 Å². The van der Waals surface area contributed by atoms with Gasteiger partial charge in [0.25, 0.3) is 0 Å². The molecule has 3 nitrogen and oxygen atoms in total. The van der Waals surface area contributed by atoms with Gasteiger partial charge in [-0.3, -0.25) is 4.79 Å². The minimum atomic E-state index is 0.00820. The molecule has 21 heavy (non-hydrogen) atoms. The molecule has 1 amide bonds. The van der Waals surface area contributed by atoms with Crippen LogP contribution in [0, 0.1) is 17.8 Å². The number of amides is 1. The van der Waals surface area contributed by atoms with Crippen molar-refractivity contribution in [3.8, 4) is 0 Å². The lowest BCUT2D eigenvalue weighted by Crippen LogP contribution is -2.21. The highest BCUT2D eigenvalue weighted by molar-refractivity contribution is 5.72. The molecule has 0 bridgehead atoms. The summed E-state index contributed by atoms with van der Waals surface area (Å²) >= 11 is 0. The molecular formula is C18H29NO2. The van der Waals surface area contributed by atoms with Gasteiger partial charge in [0.05, 0.1) is 0 Å². The predicted molar refractivity (Wildman–Crippen MR) is 86.7 cm³/mol. The quantitative estimate of drug-likeness (QED) is 0.897. The third-order valence-electron chi connectivity index (χ3n) is 3.92. The van der Waals surface area contributed by atoms with Gasteiger partial charge in [-0.05, 0) is 42.6 Å². The zero-order valence-corrected chi connectivity index (χ0v) is 13.5. The highest BCUT2D eigenvalue weighted by Gasteiger charge is 2.22. The molecule has 118 valence electrons. The number of hydrogen-bond acceptors (Lipinski definition) is 2. The fourth-order valence-corrected chi connectivity index (χ4v) is 3.09. The Balaban J connectivity index is 0.000000211. The fraction of sp³-hybridized carbons (Fsp3) is 0.611. The maximum atomic E-state index is 10.5. The van der Waals surface area contributed by atoms with Gasteiger partial charge in [0, 0.05) is 20.1 Å². The molecule has 0 spiro atoms. The van der Waals surface area contributed by atoms with Crippen molar-refractivity contribution in [2.24, 2.45) is 17.8 Å². The van der Waals surface area contributed by atoms with Crippen molar-refractivity contribution in [3.05, 3.63) is 35.9 Å². The largest absolute Gasteiger partial charge is 0.396 e. The summed E-state index contributed by atoms with van der Waals surface area (Å²) in [7, 11) is 0. The summed E-state index contributed by atoms with van der Waals surface area (Å²) in [5.74, 6) is 2.27. The number of aliphatic hydroxyl groups is 1. The first-order valence-corrected chi connectivity index (χ1v) is 7.90. The Morgan fingerprint density at radius 3 is 2.19 bits per heavy atom. The first-order valence-electron chi connectivity index (χ1n) is 7.90. The van der Waals surface area contributed by atoms with Crippen molar-refractivity contribution >= 4 is 5.91 Å². The van der Waals surface area contributed by atoms with E-state index in [-0.39, 0.29) is 5.91 Å². The van der Waals surface area contributed by atoms with Crippen molar-refractivity contribution in [1.29, 1.82) is 0 Å². The summed E-state index contributed by atoms with van der Waals surface area (Å²) in [5, 5.41) is 11.6. The Morgan fingerprint density at radius 1 is 1.14 bits per heavy atom. The van der Waals surface area contributed by atoms with E-state index in [2.05, 4.69) is 19.2 Å². The SMILES string of the molecule is CC(=O)NCc1ccccc1.C[C@@H]1CC(CO)C[C@H](C)C1. The average molecular weight is 291 g/mol. The average Bonchev–Trinajstić information content (AvgIpc) is 2.46. The van der Waals surface area contributed by atoms with Gasteiger partial charge in [0.15, 0.2) is 0 Å². The van der Waals surface area contributed by atoms with Gasteiger partial charge < -0.3 is 10.4 Å². The molecule has 2 N–H and O–H groups in total. The molecule has 1 fully saturated rings. The number of carbonyl (C=O) groups excluding carboxylic acids is 1. The van der Waals surface area contributed by atoms with E-state index in [1.807, 2.05) is 30.3 Å². The van der Waals surface area contributed by atoms with Crippen LogP contribution in [0.2, 0.25) is 0 Å². The van der Waals surface area contributed by atoms with Gasteiger partial charge in [-0.25, -0.2) is 0 Å². The number of nitrogens with one attached hydrogen (secondary N) is 1. The van der Waals surface area contributed by atoms with E-state index in [1.165, 1.54) is 26.2 Å². The molecule has 1 aromatic carbocycles. The van der Waals surface area contributed by atoms with Crippen molar-refractivity contribution in [2.75, 3.05) is 6.61 Å². The van der Waals surface area contributed by atoms with E-state index in [4.69, 9.17) is 5.11 Å². The Hall–Kier alpha value is -1.35. The van der Waals surface area contributed by atoms with Gasteiger partial charge in [0.2, 0.25) is 5.91 Å². The molecule has 1 aliphatic rings. The Bertz CT molecular complexity index is 395. The van der Waals surface area contributed by atoms with Crippen LogP contribution in [0.5, 0.6) is 0 Å². The molecule has 0 radical (unpaired) electrons. The number of hydrogen-bond donors (Lipinski definition) is 2. The Kier molecular flexibility index (Phi) is 8.06. The van der Waals surface area contributed by atoms with Crippen LogP contribution in [0.25, 0.3) is 0 Å². The first-order chi connectivity index (χ1) is 10.0. The zero-order chi connectivity index (χ0) is 15.7. The lowest BCUT2D eigenvalue weighted by atomic mass is 9.77. The van der Waals surface area contributed by atoms with Crippen molar-refractivity contribution in [1.82, 2.24) is 5.32 Å². The third kappa shape index (κ3) is 7.86. The van der Waals surface area contributed by atoms with Crippen molar-refractivity contribution < 1.29 is 9.90 Å². The monoisotopic (exact) mass is 291 g/mol. The van der Waals surface area contributed by atoms with Crippen LogP contribution in [-0.4, -0.2) is 17.6 Å². The molecule has 3 atom stereocenters. The molecular weight excluding hydrogens is 262 g/mol. The number of aliphatic hydroxyl groups excluding tert-OH is 1. The summed E-state index contributed by atoms with van der Waals surface area (Å²) in [6.45, 7) is 7.12. The molecule has 1 aliphatic carbocycles. The second-order valence-electron chi connectivity index (χ2n) is 6.36. The van der Waals surface area contributed by atoms with Gasteiger partial charge in [0.1, 0.15) is 0 Å². The van der Waals surface area contributed by atoms with Crippen LogP contribution in [-0.2, 0) is 11.3 Å². The zero-order valence-electron chi connectivity index (χ0n) is 13.5. The fourth-order valence-electron chi connectivity index (χ4n) is 3.09. The minimum Gasteiger partial charge on any atom is -0.396 e. The van der Waals surface area contributed by atoms with Crippen LogP contribution in [0.4, 0.5) is 0 Å². The highest BCUT2D eigenvalue weighted by Crippen LogP contribution is 2.32. The summed E-state index contributed by atoms with van der Waals surface area (Å²) in [4.78, 5) is 10.5. The molecule has 1 aromatic rings. The maximum Gasteiger partial charge on any atom is 0.217 e. The molecule has 1 saturated carbocycles. The smallest absolute Gasteiger partial charge is 0.217 e. The molecule has 3 heteroatoms. The van der Waals surface area contributed by atoms with E-state index < -0.39 is 0 Å². The van der Waals surface area contributed by atoms with E-state index in [0.717, 1.165) is 17.4 Å². The van der Waals surface area contributed by atoms with E-state index >= 15 is 0 Å². The highest BCUT2D eigenvalue weighted by atomic mass is 16.3. The second kappa shape index (κ2) is 9.56. The molecule has 0 aromatic heterocycles. The standard InChI is InChI=1S/C9H11NO.C9H18O/c1-8(11)10-7-9-5-3-2-4-6-9;1-7-3-8(2)5-9(4-7)6-10/h2-6H,7H2,1H3,(H,10,11);7-10H,3-6H2,1-2H3/t;7-,8+,9?. The summed E-state index contributed by atoms with van der Waals surface area (Å²) in [6, 6.07) is 9.83. The second-order valence-corrected chi connectivity index (χ2v) is 6.36. The Labute approximate surface area is 128 Å². The topological polar surface area (TPSA) is 49.3 Å². The first kappa shape index (κ1) is 17.7. The number of benzene rings is 1. The van der Waals surface area contributed by atoms with Crippen molar-refractivity contribution in [3.63, 3.8) is 0 Å². The van der Waals surface area contributed by atoms with E-state index in [9.17, 15) is 4.79 Å². The maximum absolute atomic E-state index is 10.5. The van der Waals surface area contributed by atoms with Crippen LogP contribution in [0.3, 0.4) is 0 Å². The number of rotatable bonds is 3. The molecule has 2 rings (SSSR count). The van der Waals surface area contributed by atoms with Gasteiger partial charge in [-0.1, -0.05) is 44.2 Å². The molecule has 0 aliphatic heterocycles. The van der Waals surface area contributed by atoms with Crippen LogP contribution >= 0.6 is 0 Å². The summed E-state index contributed by atoms with van der Waals surface area (Å²) in [5.41, 5.74) is 1.13. The van der Waals surface area contributed by atoms with Crippen LogP contribution < -0.4 is 5.32 Å². The van der Waals surface area contributed by atoms with Gasteiger partial charge in [-0.2, -0.15) is 0 Å². The molecule has 0 saturated heterocycles. The summed E-state index contributed by atoms with van der Waals surface area (Å²) < 4.78 is 0. The minimum absolute atomic E-state index is 0.00820. The van der Waals surface area contributed by atoms with E-state index in [0.29, 0.717) is 19.1 Å². The number of carbonyl (C=O) groups is 1. The van der Waals surface area contributed by atoms with Crippen LogP contribution in [0.1, 0.15) is 45.6 Å². The molecule has 1 unspecified atom stereocenters. The normalized spacial score (nSPS) is 24.7. The molecule has 0 heterocycles. The van der Waals surface area contributed by atoms with E-state index in [1.54, 1.807) is 0 Å². The summed E-state index contributed by atoms with van der Waals surface area (Å²) in [6.07, 6.45) is 3.83. The lowest BCUT2D eigenvalue weighted by Gasteiger charge is -2.29.